The number of rotatable bonds is 3. The Labute approximate surface area is 120 Å². The second-order valence-electron chi connectivity index (χ2n) is 5.51. The molecule has 1 heterocycles. The summed E-state index contributed by atoms with van der Waals surface area (Å²) in [7, 11) is -2.06. The van der Waals surface area contributed by atoms with Crippen molar-refractivity contribution in [2.45, 2.75) is 36.7 Å². The highest BCUT2D eigenvalue weighted by Gasteiger charge is 2.27. The minimum absolute atomic E-state index is 0.295. The maximum absolute atomic E-state index is 12.1. The van der Waals surface area contributed by atoms with Crippen LogP contribution < -0.4 is 9.62 Å². The highest BCUT2D eigenvalue weighted by Crippen LogP contribution is 2.29. The van der Waals surface area contributed by atoms with Crippen LogP contribution in [0.25, 0.3) is 0 Å². The lowest BCUT2D eigenvalue weighted by atomic mass is 9.98. The molecule has 112 valence electrons. The Bertz CT molecular complexity index is 570. The second kappa shape index (κ2) is 5.71. The van der Waals surface area contributed by atoms with Crippen LogP contribution in [-0.2, 0) is 10.0 Å². The number of hydrogen-bond acceptors (Lipinski definition) is 4. The predicted molar refractivity (Wildman–Crippen MR) is 79.4 cm³/mol. The SMILES string of the molecule is CNS(=O)(=O)c1ccccc1N1CCCC(C)(O)CC1. The van der Waals surface area contributed by atoms with Gasteiger partial charge in [0, 0.05) is 13.1 Å². The molecule has 1 aromatic rings. The molecule has 2 N–H and O–H groups in total. The molecule has 0 aromatic heterocycles. The zero-order valence-electron chi connectivity index (χ0n) is 12.0. The van der Waals surface area contributed by atoms with Gasteiger partial charge in [-0.2, -0.15) is 0 Å². The van der Waals surface area contributed by atoms with Crippen LogP contribution in [0.1, 0.15) is 26.2 Å². The van der Waals surface area contributed by atoms with E-state index in [0.29, 0.717) is 23.5 Å². The Morgan fingerprint density at radius 1 is 1.25 bits per heavy atom. The second-order valence-corrected chi connectivity index (χ2v) is 7.37. The highest BCUT2D eigenvalue weighted by atomic mass is 32.2. The molecule has 0 bridgehead atoms. The third-order valence-corrected chi connectivity index (χ3v) is 5.29. The van der Waals surface area contributed by atoms with Gasteiger partial charge in [0.1, 0.15) is 4.90 Å². The zero-order chi connectivity index (χ0) is 14.8. The van der Waals surface area contributed by atoms with Gasteiger partial charge in [0.2, 0.25) is 10.0 Å². The predicted octanol–water partition coefficient (Wildman–Crippen LogP) is 1.34. The summed E-state index contributed by atoms with van der Waals surface area (Å²) in [4.78, 5) is 2.34. The largest absolute Gasteiger partial charge is 0.390 e. The van der Waals surface area contributed by atoms with Gasteiger partial charge in [0.25, 0.3) is 0 Å². The Balaban J connectivity index is 2.34. The topological polar surface area (TPSA) is 69.6 Å². The van der Waals surface area contributed by atoms with Gasteiger partial charge in [-0.1, -0.05) is 12.1 Å². The van der Waals surface area contributed by atoms with Crippen LogP contribution in [-0.4, -0.2) is 39.3 Å². The molecular formula is C14H22N2O3S. The van der Waals surface area contributed by atoms with E-state index in [9.17, 15) is 13.5 Å². The van der Waals surface area contributed by atoms with Gasteiger partial charge in [-0.15, -0.1) is 0 Å². The van der Waals surface area contributed by atoms with Gasteiger partial charge in [-0.25, -0.2) is 13.1 Å². The fourth-order valence-corrected chi connectivity index (χ4v) is 3.51. The number of nitrogens with zero attached hydrogens (tertiary/aromatic N) is 1. The molecule has 1 saturated heterocycles. The molecule has 2 rings (SSSR count). The van der Waals surface area contributed by atoms with E-state index in [4.69, 9.17) is 0 Å². The maximum atomic E-state index is 12.1. The van der Waals surface area contributed by atoms with E-state index in [0.717, 1.165) is 19.4 Å². The summed E-state index contributed by atoms with van der Waals surface area (Å²) >= 11 is 0. The molecule has 5 nitrogen and oxygen atoms in total. The molecule has 6 heteroatoms. The third kappa shape index (κ3) is 3.31. The average Bonchev–Trinajstić information content (AvgIpc) is 2.60. The molecule has 1 atom stereocenters. The minimum atomic E-state index is -3.47. The normalized spacial score (nSPS) is 24.4. The molecule has 1 fully saturated rings. The number of anilines is 1. The average molecular weight is 298 g/mol. The molecule has 1 aliphatic rings. The van der Waals surface area contributed by atoms with Gasteiger partial charge in [0.05, 0.1) is 11.3 Å². The van der Waals surface area contributed by atoms with Crippen LogP contribution in [0.2, 0.25) is 0 Å². The minimum Gasteiger partial charge on any atom is -0.390 e. The van der Waals surface area contributed by atoms with Crippen LogP contribution in [0.5, 0.6) is 0 Å². The van der Waals surface area contributed by atoms with E-state index < -0.39 is 15.6 Å². The molecule has 1 aromatic carbocycles. The van der Waals surface area contributed by atoms with E-state index >= 15 is 0 Å². The lowest BCUT2D eigenvalue weighted by Crippen LogP contribution is -2.30. The van der Waals surface area contributed by atoms with Gasteiger partial charge in [0.15, 0.2) is 0 Å². The molecule has 0 spiro atoms. The monoisotopic (exact) mass is 298 g/mol. The molecule has 1 aliphatic heterocycles. The Kier molecular flexibility index (Phi) is 4.36. The molecule has 1 unspecified atom stereocenters. The molecule has 0 aliphatic carbocycles. The van der Waals surface area contributed by atoms with Gasteiger partial charge in [-0.05, 0) is 45.4 Å². The molecule has 0 amide bonds. The molecule has 0 saturated carbocycles. The van der Waals surface area contributed by atoms with Crippen LogP contribution >= 0.6 is 0 Å². The molecular weight excluding hydrogens is 276 g/mol. The third-order valence-electron chi connectivity index (χ3n) is 3.83. The Morgan fingerprint density at radius 2 is 1.95 bits per heavy atom. The van der Waals surface area contributed by atoms with E-state index in [1.54, 1.807) is 12.1 Å². The number of benzene rings is 1. The highest BCUT2D eigenvalue weighted by molar-refractivity contribution is 7.89. The number of para-hydroxylation sites is 1. The van der Waals surface area contributed by atoms with Crippen molar-refractivity contribution in [3.05, 3.63) is 24.3 Å². The van der Waals surface area contributed by atoms with E-state index in [1.165, 1.54) is 7.05 Å². The van der Waals surface area contributed by atoms with Crippen molar-refractivity contribution in [2.24, 2.45) is 0 Å². The van der Waals surface area contributed by atoms with Gasteiger partial charge < -0.3 is 10.0 Å². The fourth-order valence-electron chi connectivity index (χ4n) is 2.56. The van der Waals surface area contributed by atoms with Crippen molar-refractivity contribution in [3.63, 3.8) is 0 Å². The van der Waals surface area contributed by atoms with Crippen LogP contribution in [0.3, 0.4) is 0 Å². The van der Waals surface area contributed by atoms with Crippen LogP contribution in [0.4, 0.5) is 5.69 Å². The van der Waals surface area contributed by atoms with Crippen molar-refractivity contribution in [3.8, 4) is 0 Å². The summed E-state index contributed by atoms with van der Waals surface area (Å²) < 4.78 is 26.5. The summed E-state index contributed by atoms with van der Waals surface area (Å²) in [5.41, 5.74) is 0.0468. The maximum Gasteiger partial charge on any atom is 0.242 e. The summed E-state index contributed by atoms with van der Waals surface area (Å²) in [6.07, 6.45) is 2.23. The lowest BCUT2D eigenvalue weighted by molar-refractivity contribution is 0.0481. The Hall–Kier alpha value is -1.11. The van der Waals surface area contributed by atoms with Gasteiger partial charge in [-0.3, -0.25) is 0 Å². The van der Waals surface area contributed by atoms with E-state index in [1.807, 2.05) is 24.0 Å². The van der Waals surface area contributed by atoms with Gasteiger partial charge >= 0.3 is 0 Å². The summed E-state index contributed by atoms with van der Waals surface area (Å²) in [5, 5.41) is 10.1. The summed E-state index contributed by atoms with van der Waals surface area (Å²) in [6.45, 7) is 3.25. The summed E-state index contributed by atoms with van der Waals surface area (Å²) in [5.74, 6) is 0. The zero-order valence-corrected chi connectivity index (χ0v) is 12.8. The van der Waals surface area contributed by atoms with Crippen LogP contribution in [0.15, 0.2) is 29.2 Å². The van der Waals surface area contributed by atoms with Crippen molar-refractivity contribution < 1.29 is 13.5 Å². The molecule has 20 heavy (non-hydrogen) atoms. The van der Waals surface area contributed by atoms with E-state index in [-0.39, 0.29) is 0 Å². The first-order valence-corrected chi connectivity index (χ1v) is 8.34. The van der Waals surface area contributed by atoms with Crippen LogP contribution in [0, 0.1) is 0 Å². The number of nitrogens with one attached hydrogen (secondary N) is 1. The first-order valence-electron chi connectivity index (χ1n) is 6.86. The number of sulfonamides is 1. The van der Waals surface area contributed by atoms with Crippen molar-refractivity contribution in [2.75, 3.05) is 25.0 Å². The first kappa shape index (κ1) is 15.3. The van der Waals surface area contributed by atoms with Crippen molar-refractivity contribution in [1.29, 1.82) is 0 Å². The smallest absolute Gasteiger partial charge is 0.242 e. The summed E-state index contributed by atoms with van der Waals surface area (Å²) in [6, 6.07) is 7.00. The standard InChI is InChI=1S/C14H22N2O3S/c1-14(17)8-5-10-16(11-9-14)12-6-3-4-7-13(12)20(18,19)15-2/h3-4,6-7,15,17H,5,8-11H2,1-2H3. The Morgan fingerprint density at radius 3 is 2.65 bits per heavy atom. The van der Waals surface area contributed by atoms with Crippen molar-refractivity contribution >= 4 is 15.7 Å². The number of aliphatic hydroxyl groups is 1. The van der Waals surface area contributed by atoms with Crippen molar-refractivity contribution in [1.82, 2.24) is 4.72 Å². The molecule has 0 radical (unpaired) electrons. The first-order chi connectivity index (χ1) is 9.36. The van der Waals surface area contributed by atoms with E-state index in [2.05, 4.69) is 4.72 Å². The number of hydrogen-bond donors (Lipinski definition) is 2. The lowest BCUT2D eigenvalue weighted by Gasteiger charge is -2.26. The fraction of sp³-hybridized carbons (Fsp3) is 0.571. The quantitative estimate of drug-likeness (QED) is 0.883.